The summed E-state index contributed by atoms with van der Waals surface area (Å²) in [5.41, 5.74) is 2.35. The predicted octanol–water partition coefficient (Wildman–Crippen LogP) is 4.44. The summed E-state index contributed by atoms with van der Waals surface area (Å²) in [5, 5.41) is 13.9. The van der Waals surface area contributed by atoms with Crippen LogP contribution in [0.1, 0.15) is 29.8 Å². The molecular weight excluding hydrogens is 408 g/mol. The fourth-order valence-electron chi connectivity index (χ4n) is 2.37. The van der Waals surface area contributed by atoms with Gasteiger partial charge in [-0.3, -0.25) is 9.59 Å². The van der Waals surface area contributed by atoms with Crippen LogP contribution in [0.4, 0.5) is 10.8 Å². The highest BCUT2D eigenvalue weighted by Crippen LogP contribution is 2.28. The zero-order valence-corrected chi connectivity index (χ0v) is 17.6. The van der Waals surface area contributed by atoms with E-state index in [-0.39, 0.29) is 11.8 Å². The van der Waals surface area contributed by atoms with Gasteiger partial charge in [0.2, 0.25) is 11.0 Å². The molecule has 0 aliphatic rings. The molecule has 0 radical (unpaired) electrons. The van der Waals surface area contributed by atoms with Crippen molar-refractivity contribution in [2.24, 2.45) is 0 Å². The first-order valence-electron chi connectivity index (χ1n) is 8.90. The number of thioether (sulfide) groups is 1. The molecule has 29 heavy (non-hydrogen) atoms. The third kappa shape index (κ3) is 6.30. The van der Waals surface area contributed by atoms with E-state index in [9.17, 15) is 9.59 Å². The van der Waals surface area contributed by atoms with Crippen molar-refractivity contribution in [3.63, 3.8) is 0 Å². The summed E-state index contributed by atoms with van der Waals surface area (Å²) in [5.74, 6) is 1.12. The number of nitrogens with zero attached hydrogens (tertiary/aromatic N) is 2. The average Bonchev–Trinajstić information content (AvgIpc) is 3.15. The molecule has 1 aromatic heterocycles. The summed E-state index contributed by atoms with van der Waals surface area (Å²) in [6.45, 7) is 3.96. The molecule has 9 heteroatoms. The molecule has 7 nitrogen and oxygen atoms in total. The smallest absolute Gasteiger partial charge is 0.255 e. The maximum Gasteiger partial charge on any atom is 0.255 e. The third-order valence-corrected chi connectivity index (χ3v) is 5.73. The third-order valence-electron chi connectivity index (χ3n) is 3.69. The lowest BCUT2D eigenvalue weighted by molar-refractivity contribution is -0.114. The number of benzene rings is 2. The molecule has 3 rings (SSSR count). The summed E-state index contributed by atoms with van der Waals surface area (Å²) in [6.07, 6.45) is 0. The first-order valence-corrected chi connectivity index (χ1v) is 10.7. The minimum absolute atomic E-state index is 0.169. The van der Waals surface area contributed by atoms with Gasteiger partial charge in [-0.1, -0.05) is 35.2 Å². The van der Waals surface area contributed by atoms with Gasteiger partial charge < -0.3 is 15.4 Å². The summed E-state index contributed by atoms with van der Waals surface area (Å²) in [6, 6.07) is 14.7. The van der Waals surface area contributed by atoms with E-state index in [4.69, 9.17) is 4.74 Å². The van der Waals surface area contributed by atoms with E-state index in [0.29, 0.717) is 28.7 Å². The second kappa shape index (κ2) is 10.0. The van der Waals surface area contributed by atoms with Crippen LogP contribution in [0, 0.1) is 0 Å². The lowest BCUT2D eigenvalue weighted by atomic mass is 10.1. The van der Waals surface area contributed by atoms with Crippen molar-refractivity contribution in [3.8, 4) is 5.75 Å². The topological polar surface area (TPSA) is 93.2 Å². The Morgan fingerprint density at radius 1 is 1.03 bits per heavy atom. The Bertz CT molecular complexity index is 972. The molecule has 2 aromatic carbocycles. The van der Waals surface area contributed by atoms with Crippen molar-refractivity contribution >= 4 is 45.7 Å². The van der Waals surface area contributed by atoms with E-state index in [0.717, 1.165) is 15.7 Å². The molecule has 0 spiro atoms. The lowest BCUT2D eigenvalue weighted by Gasteiger charge is -2.08. The maximum absolute atomic E-state index is 12.4. The van der Waals surface area contributed by atoms with Crippen molar-refractivity contribution < 1.29 is 14.3 Å². The number of hydrogen-bond donors (Lipinski definition) is 2. The lowest BCUT2D eigenvalue weighted by Crippen LogP contribution is -2.11. The van der Waals surface area contributed by atoms with Crippen molar-refractivity contribution in [1.82, 2.24) is 10.2 Å². The highest BCUT2D eigenvalue weighted by molar-refractivity contribution is 8.00. The SMILES string of the molecule is CCOc1ccc(NC(=O)c2ccc(CSc3nnc(NC(C)=O)s3)cc2)cc1. The summed E-state index contributed by atoms with van der Waals surface area (Å²) < 4.78 is 6.17. The first-order chi connectivity index (χ1) is 14.0. The molecule has 0 saturated carbocycles. The van der Waals surface area contributed by atoms with Crippen molar-refractivity contribution in [3.05, 3.63) is 59.7 Å². The largest absolute Gasteiger partial charge is 0.494 e. The number of carbonyl (C=O) groups excluding carboxylic acids is 2. The van der Waals surface area contributed by atoms with Gasteiger partial charge >= 0.3 is 0 Å². The molecule has 0 fully saturated rings. The maximum atomic E-state index is 12.4. The van der Waals surface area contributed by atoms with Crippen molar-refractivity contribution in [2.75, 3.05) is 17.2 Å². The highest BCUT2D eigenvalue weighted by atomic mass is 32.2. The molecule has 0 bridgehead atoms. The fraction of sp³-hybridized carbons (Fsp3) is 0.200. The minimum atomic E-state index is -0.170. The van der Waals surface area contributed by atoms with Gasteiger partial charge in [-0.15, -0.1) is 10.2 Å². The molecule has 2 amide bonds. The van der Waals surface area contributed by atoms with Crippen LogP contribution in [-0.4, -0.2) is 28.6 Å². The number of anilines is 2. The quantitative estimate of drug-likeness (QED) is 0.407. The molecule has 150 valence electrons. The van der Waals surface area contributed by atoms with Gasteiger partial charge in [0.1, 0.15) is 5.75 Å². The van der Waals surface area contributed by atoms with E-state index in [1.807, 2.05) is 43.3 Å². The van der Waals surface area contributed by atoms with Gasteiger partial charge in [0.05, 0.1) is 6.61 Å². The Kier molecular flexibility index (Phi) is 7.20. The highest BCUT2D eigenvalue weighted by Gasteiger charge is 2.09. The second-order valence-electron chi connectivity index (χ2n) is 5.95. The number of rotatable bonds is 8. The predicted molar refractivity (Wildman–Crippen MR) is 116 cm³/mol. The van der Waals surface area contributed by atoms with Crippen molar-refractivity contribution in [1.29, 1.82) is 0 Å². The van der Waals surface area contributed by atoms with Gasteiger partial charge in [-0.2, -0.15) is 0 Å². The van der Waals surface area contributed by atoms with Crippen LogP contribution in [0.15, 0.2) is 52.9 Å². The van der Waals surface area contributed by atoms with Gasteiger partial charge in [0.15, 0.2) is 4.34 Å². The Hall–Kier alpha value is -2.91. The number of hydrogen-bond acceptors (Lipinski definition) is 7. The van der Waals surface area contributed by atoms with Crippen LogP contribution < -0.4 is 15.4 Å². The summed E-state index contributed by atoms with van der Waals surface area (Å²) >= 11 is 2.85. The van der Waals surface area contributed by atoms with E-state index in [1.165, 1.54) is 30.0 Å². The van der Waals surface area contributed by atoms with E-state index < -0.39 is 0 Å². The fourth-order valence-corrected chi connectivity index (χ4v) is 4.12. The number of ether oxygens (including phenoxy) is 1. The normalized spacial score (nSPS) is 10.4. The molecule has 1 heterocycles. The summed E-state index contributed by atoms with van der Waals surface area (Å²) in [7, 11) is 0. The van der Waals surface area contributed by atoms with Gasteiger partial charge in [0.25, 0.3) is 5.91 Å². The molecule has 0 unspecified atom stereocenters. The Morgan fingerprint density at radius 2 is 1.76 bits per heavy atom. The molecule has 0 aliphatic heterocycles. The summed E-state index contributed by atoms with van der Waals surface area (Å²) in [4.78, 5) is 23.4. The molecular formula is C20H20N4O3S2. The second-order valence-corrected chi connectivity index (χ2v) is 8.15. The number of nitrogens with one attached hydrogen (secondary N) is 2. The van der Waals surface area contributed by atoms with Crippen LogP contribution in [0.2, 0.25) is 0 Å². The number of carbonyl (C=O) groups is 2. The van der Waals surface area contributed by atoms with Gasteiger partial charge in [0, 0.05) is 23.9 Å². The van der Waals surface area contributed by atoms with Gasteiger partial charge in [-0.25, -0.2) is 0 Å². The molecule has 0 atom stereocenters. The van der Waals surface area contributed by atoms with E-state index in [1.54, 1.807) is 12.1 Å². The number of amides is 2. The van der Waals surface area contributed by atoms with Crippen LogP contribution in [0.5, 0.6) is 5.75 Å². The average molecular weight is 429 g/mol. The Morgan fingerprint density at radius 3 is 2.41 bits per heavy atom. The molecule has 2 N–H and O–H groups in total. The van der Waals surface area contributed by atoms with Crippen LogP contribution in [0.25, 0.3) is 0 Å². The molecule has 3 aromatic rings. The Balaban J connectivity index is 1.53. The monoisotopic (exact) mass is 428 g/mol. The van der Waals surface area contributed by atoms with Crippen LogP contribution in [0.3, 0.4) is 0 Å². The standard InChI is InChI=1S/C20H20N4O3S2/c1-3-27-17-10-8-16(9-11-17)22-18(26)15-6-4-14(5-7-15)12-28-20-24-23-19(29-20)21-13(2)25/h4-11H,3,12H2,1-2H3,(H,22,26)(H,21,23,25). The number of aromatic nitrogens is 2. The molecule has 0 saturated heterocycles. The zero-order chi connectivity index (χ0) is 20.6. The van der Waals surface area contributed by atoms with E-state index in [2.05, 4.69) is 20.8 Å². The van der Waals surface area contributed by atoms with E-state index >= 15 is 0 Å². The first kappa shape index (κ1) is 20.8. The van der Waals surface area contributed by atoms with Crippen molar-refractivity contribution in [2.45, 2.75) is 23.9 Å². The Labute approximate surface area is 176 Å². The van der Waals surface area contributed by atoms with Crippen LogP contribution >= 0.6 is 23.1 Å². The van der Waals surface area contributed by atoms with Crippen LogP contribution in [-0.2, 0) is 10.5 Å². The van der Waals surface area contributed by atoms with Gasteiger partial charge in [-0.05, 0) is 48.9 Å². The minimum Gasteiger partial charge on any atom is -0.494 e. The zero-order valence-electron chi connectivity index (χ0n) is 16.0. The molecule has 0 aliphatic carbocycles.